The number of hydrogen-bond acceptors (Lipinski definition) is 6. The van der Waals surface area contributed by atoms with Gasteiger partial charge in [-0.25, -0.2) is 14.2 Å². The second-order valence-corrected chi connectivity index (χ2v) is 4.07. The second-order valence-electron chi connectivity index (χ2n) is 4.07. The molecule has 2 aromatic rings. The molecular weight excluding hydrogens is 250 g/mol. The van der Waals surface area contributed by atoms with Crippen molar-refractivity contribution in [3.8, 4) is 0 Å². The molecule has 0 saturated heterocycles. The number of hydrogen-bond donors (Lipinski definition) is 1. The molecule has 0 saturated carbocycles. The highest BCUT2D eigenvalue weighted by atomic mass is 16.6. The number of aromatic nitrogens is 5. The third-order valence-electron chi connectivity index (χ3n) is 2.96. The van der Waals surface area contributed by atoms with Crippen LogP contribution in [-0.2, 0) is 19.5 Å². The largest absolute Gasteiger partial charge is 0.381 e. The lowest BCUT2D eigenvalue weighted by atomic mass is 10.3. The van der Waals surface area contributed by atoms with Gasteiger partial charge >= 0.3 is 5.82 Å². The standard InChI is InChI=1S/C10H15N7O2/c1-3-8-10(11)13-14-16(8)5-4-15-7(2)12-6-9(15)17(18)19/h6H,3-5,11H2,1-2H3. The van der Waals surface area contributed by atoms with Crippen LogP contribution in [0.2, 0.25) is 0 Å². The van der Waals surface area contributed by atoms with Crippen LogP contribution < -0.4 is 5.73 Å². The molecule has 2 rings (SSSR count). The van der Waals surface area contributed by atoms with E-state index in [0.29, 0.717) is 31.2 Å². The molecule has 9 nitrogen and oxygen atoms in total. The SMILES string of the molecule is CCc1c(N)nnn1CCn1c([N+](=O)[O-])cnc1C. The zero-order chi connectivity index (χ0) is 14.0. The van der Waals surface area contributed by atoms with Gasteiger partial charge in [0.2, 0.25) is 0 Å². The van der Waals surface area contributed by atoms with Crippen molar-refractivity contribution in [3.63, 3.8) is 0 Å². The molecule has 0 radical (unpaired) electrons. The van der Waals surface area contributed by atoms with Gasteiger partial charge in [-0.1, -0.05) is 12.1 Å². The highest BCUT2D eigenvalue weighted by Gasteiger charge is 2.18. The number of nitrogens with two attached hydrogens (primary N) is 1. The highest BCUT2D eigenvalue weighted by molar-refractivity contribution is 5.32. The lowest BCUT2D eigenvalue weighted by Crippen LogP contribution is -2.14. The van der Waals surface area contributed by atoms with Gasteiger partial charge in [0, 0.05) is 6.92 Å². The number of aryl methyl sites for hydroxylation is 2. The van der Waals surface area contributed by atoms with Crippen LogP contribution in [0.4, 0.5) is 11.6 Å². The number of imidazole rings is 1. The summed E-state index contributed by atoms with van der Waals surface area (Å²) in [4.78, 5) is 14.4. The van der Waals surface area contributed by atoms with Crippen LogP contribution in [-0.4, -0.2) is 29.5 Å². The fraction of sp³-hybridized carbons (Fsp3) is 0.500. The van der Waals surface area contributed by atoms with Crippen molar-refractivity contribution in [2.75, 3.05) is 5.73 Å². The minimum absolute atomic E-state index is 0.0244. The Morgan fingerprint density at radius 3 is 2.84 bits per heavy atom. The Morgan fingerprint density at radius 1 is 1.47 bits per heavy atom. The molecule has 0 bridgehead atoms. The molecule has 9 heteroatoms. The lowest BCUT2D eigenvalue weighted by molar-refractivity contribution is -0.392. The summed E-state index contributed by atoms with van der Waals surface area (Å²) in [6, 6.07) is 0. The maximum atomic E-state index is 10.9. The Balaban J connectivity index is 2.19. The summed E-state index contributed by atoms with van der Waals surface area (Å²) in [6.45, 7) is 4.54. The van der Waals surface area contributed by atoms with Crippen molar-refractivity contribution in [1.82, 2.24) is 24.5 Å². The van der Waals surface area contributed by atoms with Gasteiger partial charge in [0.05, 0.1) is 12.2 Å². The third kappa shape index (κ3) is 2.39. The van der Waals surface area contributed by atoms with E-state index in [9.17, 15) is 10.1 Å². The molecule has 0 aliphatic carbocycles. The van der Waals surface area contributed by atoms with Gasteiger partial charge in [-0.05, 0) is 11.3 Å². The first-order valence-corrected chi connectivity index (χ1v) is 5.89. The van der Waals surface area contributed by atoms with E-state index in [1.165, 1.54) is 10.8 Å². The van der Waals surface area contributed by atoms with E-state index in [-0.39, 0.29) is 5.82 Å². The molecule has 102 valence electrons. The van der Waals surface area contributed by atoms with E-state index >= 15 is 0 Å². The van der Waals surface area contributed by atoms with Crippen LogP contribution in [0.3, 0.4) is 0 Å². The number of nitrogen functional groups attached to an aromatic ring is 1. The molecular formula is C10H15N7O2. The summed E-state index contributed by atoms with van der Waals surface area (Å²) < 4.78 is 3.20. The molecule has 2 N–H and O–H groups in total. The summed E-state index contributed by atoms with van der Waals surface area (Å²) in [5.74, 6) is 0.973. The molecule has 0 spiro atoms. The summed E-state index contributed by atoms with van der Waals surface area (Å²) in [6.07, 6.45) is 1.97. The summed E-state index contributed by atoms with van der Waals surface area (Å²) >= 11 is 0. The van der Waals surface area contributed by atoms with Crippen LogP contribution in [0.1, 0.15) is 18.4 Å². The van der Waals surface area contributed by atoms with Crippen molar-refractivity contribution in [2.24, 2.45) is 0 Å². The first-order chi connectivity index (χ1) is 9.04. The number of nitro groups is 1. The van der Waals surface area contributed by atoms with Crippen molar-refractivity contribution >= 4 is 11.6 Å². The van der Waals surface area contributed by atoms with Crippen LogP contribution in [0.15, 0.2) is 6.20 Å². The minimum atomic E-state index is -0.448. The van der Waals surface area contributed by atoms with Crippen molar-refractivity contribution in [1.29, 1.82) is 0 Å². The zero-order valence-corrected chi connectivity index (χ0v) is 10.8. The summed E-state index contributed by atoms with van der Waals surface area (Å²) in [5.41, 5.74) is 6.52. The Morgan fingerprint density at radius 2 is 2.21 bits per heavy atom. The van der Waals surface area contributed by atoms with Crippen LogP contribution in [0.5, 0.6) is 0 Å². The van der Waals surface area contributed by atoms with Crippen LogP contribution in [0.25, 0.3) is 0 Å². The predicted molar refractivity (Wildman–Crippen MR) is 67.4 cm³/mol. The van der Waals surface area contributed by atoms with Gasteiger partial charge in [-0.3, -0.25) is 0 Å². The van der Waals surface area contributed by atoms with Gasteiger partial charge in [0.1, 0.15) is 12.7 Å². The molecule has 19 heavy (non-hydrogen) atoms. The highest BCUT2D eigenvalue weighted by Crippen LogP contribution is 2.14. The first kappa shape index (κ1) is 13.0. The molecule has 2 aromatic heterocycles. The average molecular weight is 265 g/mol. The Bertz CT molecular complexity index is 601. The second kappa shape index (κ2) is 5.04. The van der Waals surface area contributed by atoms with Gasteiger partial charge in [-0.2, -0.15) is 0 Å². The van der Waals surface area contributed by atoms with Crippen molar-refractivity contribution < 1.29 is 4.92 Å². The molecule has 0 unspecified atom stereocenters. The van der Waals surface area contributed by atoms with E-state index in [0.717, 1.165) is 5.69 Å². The van der Waals surface area contributed by atoms with E-state index in [1.807, 2.05) is 6.92 Å². The van der Waals surface area contributed by atoms with Crippen LogP contribution >= 0.6 is 0 Å². The molecule has 0 aromatic carbocycles. The van der Waals surface area contributed by atoms with Gasteiger partial charge < -0.3 is 15.8 Å². The van der Waals surface area contributed by atoms with E-state index < -0.39 is 4.92 Å². The summed E-state index contributed by atoms with van der Waals surface area (Å²) in [7, 11) is 0. The van der Waals surface area contributed by atoms with E-state index in [1.54, 1.807) is 11.6 Å². The van der Waals surface area contributed by atoms with Crippen molar-refractivity contribution in [2.45, 2.75) is 33.4 Å². The van der Waals surface area contributed by atoms with E-state index in [4.69, 9.17) is 5.73 Å². The van der Waals surface area contributed by atoms with Gasteiger partial charge in [0.25, 0.3) is 0 Å². The molecule has 0 aliphatic heterocycles. The minimum Gasteiger partial charge on any atom is -0.381 e. The molecule has 0 fully saturated rings. The topological polar surface area (TPSA) is 118 Å². The fourth-order valence-electron chi connectivity index (χ4n) is 1.96. The molecule has 0 aliphatic rings. The number of anilines is 1. The maximum absolute atomic E-state index is 10.9. The van der Waals surface area contributed by atoms with Crippen LogP contribution in [0, 0.1) is 17.0 Å². The van der Waals surface area contributed by atoms with Gasteiger partial charge in [0.15, 0.2) is 11.6 Å². The Kier molecular flexibility index (Phi) is 3.45. The molecule has 2 heterocycles. The normalized spacial score (nSPS) is 10.8. The smallest absolute Gasteiger partial charge is 0.342 e. The molecule has 0 amide bonds. The monoisotopic (exact) mass is 265 g/mol. The fourth-order valence-corrected chi connectivity index (χ4v) is 1.96. The predicted octanol–water partition coefficient (Wildman–Crippen LogP) is 0.536. The maximum Gasteiger partial charge on any atom is 0.342 e. The third-order valence-corrected chi connectivity index (χ3v) is 2.96. The Labute approximate surface area is 109 Å². The summed E-state index contributed by atoms with van der Waals surface area (Å²) in [5, 5.41) is 18.6. The molecule has 0 atom stereocenters. The van der Waals surface area contributed by atoms with Gasteiger partial charge in [-0.15, -0.1) is 5.10 Å². The Hall–Kier alpha value is -2.45. The quantitative estimate of drug-likeness (QED) is 0.622. The zero-order valence-electron chi connectivity index (χ0n) is 10.8. The number of nitrogens with zero attached hydrogens (tertiary/aromatic N) is 6. The lowest BCUT2D eigenvalue weighted by Gasteiger charge is -2.05. The van der Waals surface area contributed by atoms with Crippen molar-refractivity contribution in [3.05, 3.63) is 27.8 Å². The number of rotatable bonds is 5. The first-order valence-electron chi connectivity index (χ1n) is 5.89. The van der Waals surface area contributed by atoms with E-state index in [2.05, 4.69) is 15.3 Å². The average Bonchev–Trinajstić information content (AvgIpc) is 2.90.